The summed E-state index contributed by atoms with van der Waals surface area (Å²) in [6, 6.07) is 9.17. The summed E-state index contributed by atoms with van der Waals surface area (Å²) in [7, 11) is 0. The van der Waals surface area contributed by atoms with Gasteiger partial charge in [0.15, 0.2) is 0 Å². The highest BCUT2D eigenvalue weighted by molar-refractivity contribution is 6.32. The molecule has 0 bridgehead atoms. The van der Waals surface area contributed by atoms with Crippen LogP contribution in [0, 0.1) is 13.8 Å². The van der Waals surface area contributed by atoms with Gasteiger partial charge in [-0.2, -0.15) is 13.2 Å². The van der Waals surface area contributed by atoms with Crippen molar-refractivity contribution in [2.75, 3.05) is 0 Å². The zero-order chi connectivity index (χ0) is 25.5. The average molecular weight is 509 g/mol. The van der Waals surface area contributed by atoms with Crippen LogP contribution in [0.1, 0.15) is 33.2 Å². The van der Waals surface area contributed by atoms with Gasteiger partial charge in [0.25, 0.3) is 5.76 Å². The number of carboxylic acids is 1. The molecule has 2 aromatic carbocycles. The number of aromatic carboxylic acids is 1. The number of hydrogen-bond acceptors (Lipinski definition) is 6. The standard InChI is InChI=1S/C24H16ClF3O7/c1-11-7-15(8-12(2)19(11)25)34-21-20(29)16-5-3-13(9-18(16)35-22(21)24(26,27)28)32-10-14-4-6-17(33-14)23(30)31/h3-9H,10H2,1-2H3,(H,30,31). The third-order valence-electron chi connectivity index (χ3n) is 4.96. The quantitative estimate of drug-likeness (QED) is 0.308. The van der Waals surface area contributed by atoms with Crippen LogP contribution >= 0.6 is 11.6 Å². The van der Waals surface area contributed by atoms with Crippen molar-refractivity contribution in [1.82, 2.24) is 0 Å². The summed E-state index contributed by atoms with van der Waals surface area (Å²) in [6.07, 6.45) is -5.03. The van der Waals surface area contributed by atoms with Crippen molar-refractivity contribution < 1.29 is 41.4 Å². The number of aryl methyl sites for hydroxylation is 2. The summed E-state index contributed by atoms with van der Waals surface area (Å²) in [4.78, 5) is 23.9. The lowest BCUT2D eigenvalue weighted by atomic mass is 10.1. The van der Waals surface area contributed by atoms with Crippen LogP contribution in [0.2, 0.25) is 5.02 Å². The largest absolute Gasteiger partial charge is 0.486 e. The minimum atomic E-state index is -5.03. The molecule has 1 N–H and O–H groups in total. The number of hydrogen-bond donors (Lipinski definition) is 1. The van der Waals surface area contributed by atoms with Crippen LogP contribution < -0.4 is 14.9 Å². The van der Waals surface area contributed by atoms with Gasteiger partial charge in [0, 0.05) is 11.1 Å². The molecule has 4 aromatic rings. The Balaban J connectivity index is 1.71. The van der Waals surface area contributed by atoms with Crippen LogP contribution in [0.3, 0.4) is 0 Å². The predicted octanol–water partition coefficient (Wildman–Crippen LogP) is 6.74. The fourth-order valence-corrected chi connectivity index (χ4v) is 3.44. The van der Waals surface area contributed by atoms with Crippen LogP contribution in [-0.2, 0) is 12.8 Å². The van der Waals surface area contributed by atoms with Crippen LogP contribution in [0.15, 0.2) is 56.1 Å². The number of ether oxygens (including phenoxy) is 2. The van der Waals surface area contributed by atoms with Crippen molar-refractivity contribution in [2.24, 2.45) is 0 Å². The molecule has 0 fully saturated rings. The van der Waals surface area contributed by atoms with E-state index in [2.05, 4.69) is 0 Å². The lowest BCUT2D eigenvalue weighted by molar-refractivity contribution is -0.154. The molecule has 7 nitrogen and oxygen atoms in total. The highest BCUT2D eigenvalue weighted by Gasteiger charge is 2.40. The van der Waals surface area contributed by atoms with Gasteiger partial charge >= 0.3 is 12.1 Å². The number of carbonyl (C=O) groups is 1. The van der Waals surface area contributed by atoms with Gasteiger partial charge in [0.2, 0.25) is 16.9 Å². The van der Waals surface area contributed by atoms with Gasteiger partial charge in [-0.05, 0) is 61.4 Å². The van der Waals surface area contributed by atoms with Gasteiger partial charge in [0.1, 0.15) is 29.4 Å². The number of fused-ring (bicyclic) bond motifs is 1. The van der Waals surface area contributed by atoms with Crippen LogP contribution in [0.5, 0.6) is 17.2 Å². The molecule has 0 aliphatic heterocycles. The number of rotatable bonds is 6. The molecule has 35 heavy (non-hydrogen) atoms. The molecule has 0 aliphatic carbocycles. The van der Waals surface area contributed by atoms with Gasteiger partial charge in [0.05, 0.1) is 5.39 Å². The minimum Gasteiger partial charge on any atom is -0.486 e. The van der Waals surface area contributed by atoms with E-state index in [0.29, 0.717) is 16.1 Å². The first-order valence-corrected chi connectivity index (χ1v) is 10.4. The Morgan fingerprint density at radius 2 is 1.71 bits per heavy atom. The summed E-state index contributed by atoms with van der Waals surface area (Å²) < 4.78 is 62.3. The molecule has 11 heteroatoms. The SMILES string of the molecule is Cc1cc(Oc2c(C(F)(F)F)oc3cc(OCc4ccc(C(=O)O)o4)ccc3c2=O)cc(C)c1Cl. The van der Waals surface area contributed by atoms with Gasteiger partial charge in [-0.1, -0.05) is 11.6 Å². The zero-order valence-corrected chi connectivity index (χ0v) is 18.9. The Morgan fingerprint density at radius 3 is 2.31 bits per heavy atom. The Kier molecular flexibility index (Phi) is 6.25. The molecule has 0 unspecified atom stereocenters. The van der Waals surface area contributed by atoms with Crippen molar-refractivity contribution in [2.45, 2.75) is 26.6 Å². The summed E-state index contributed by atoms with van der Waals surface area (Å²) >= 11 is 6.10. The predicted molar refractivity (Wildman–Crippen MR) is 118 cm³/mol. The van der Waals surface area contributed by atoms with E-state index in [0.717, 1.165) is 6.07 Å². The summed E-state index contributed by atoms with van der Waals surface area (Å²) in [6.45, 7) is 3.11. The smallest absolute Gasteiger partial charge is 0.453 e. The second kappa shape index (κ2) is 9.03. The molecular weight excluding hydrogens is 493 g/mol. The summed E-state index contributed by atoms with van der Waals surface area (Å²) in [5.74, 6) is -3.91. The summed E-state index contributed by atoms with van der Waals surface area (Å²) in [5.41, 5.74) is -0.266. The van der Waals surface area contributed by atoms with Gasteiger partial charge in [-0.3, -0.25) is 4.79 Å². The molecule has 0 radical (unpaired) electrons. The van der Waals surface area contributed by atoms with E-state index in [-0.39, 0.29) is 40.6 Å². The van der Waals surface area contributed by atoms with Gasteiger partial charge in [-0.25, -0.2) is 4.79 Å². The maximum Gasteiger partial charge on any atom is 0.453 e. The minimum absolute atomic E-state index is 0.000631. The molecular formula is C24H16ClF3O7. The van der Waals surface area contributed by atoms with Gasteiger partial charge in [-0.15, -0.1) is 0 Å². The van der Waals surface area contributed by atoms with E-state index in [4.69, 9.17) is 35.0 Å². The first-order chi connectivity index (χ1) is 16.4. The molecule has 0 atom stereocenters. The number of benzene rings is 2. The zero-order valence-electron chi connectivity index (χ0n) is 18.2. The average Bonchev–Trinajstić information content (AvgIpc) is 3.26. The van der Waals surface area contributed by atoms with Crippen molar-refractivity contribution in [3.05, 3.63) is 86.1 Å². The van der Waals surface area contributed by atoms with Crippen molar-refractivity contribution >= 4 is 28.5 Å². The van der Waals surface area contributed by atoms with Crippen molar-refractivity contribution in [1.29, 1.82) is 0 Å². The Bertz CT molecular complexity index is 1480. The highest BCUT2D eigenvalue weighted by atomic mass is 35.5. The third kappa shape index (κ3) is 4.97. The first-order valence-electron chi connectivity index (χ1n) is 10.0. The maximum absolute atomic E-state index is 13.8. The molecule has 0 saturated carbocycles. The van der Waals surface area contributed by atoms with Crippen molar-refractivity contribution in [3.8, 4) is 17.2 Å². The van der Waals surface area contributed by atoms with Crippen molar-refractivity contribution in [3.63, 3.8) is 0 Å². The Morgan fingerprint density at radius 1 is 1.03 bits per heavy atom. The van der Waals surface area contributed by atoms with E-state index >= 15 is 0 Å². The molecule has 0 saturated heterocycles. The molecule has 4 rings (SSSR count). The molecule has 182 valence electrons. The number of alkyl halides is 3. The van der Waals surface area contributed by atoms with E-state index in [1.807, 2.05) is 0 Å². The second-order valence-electron chi connectivity index (χ2n) is 7.58. The topological polar surface area (TPSA) is 99.1 Å². The molecule has 0 amide bonds. The lowest BCUT2D eigenvalue weighted by Crippen LogP contribution is -2.15. The number of furan rings is 1. The molecule has 2 aromatic heterocycles. The first kappa shape index (κ1) is 24.2. The number of halogens is 4. The molecule has 0 aliphatic rings. The number of carboxylic acid groups (broad SMARTS) is 1. The Labute approximate surface area is 200 Å². The molecule has 0 spiro atoms. The van der Waals surface area contributed by atoms with E-state index in [1.165, 1.54) is 36.4 Å². The highest BCUT2D eigenvalue weighted by Crippen LogP contribution is 2.39. The fourth-order valence-electron chi connectivity index (χ4n) is 3.33. The van der Waals surface area contributed by atoms with Crippen LogP contribution in [-0.4, -0.2) is 11.1 Å². The maximum atomic E-state index is 13.8. The van der Waals surface area contributed by atoms with E-state index < -0.39 is 29.1 Å². The van der Waals surface area contributed by atoms with Crippen LogP contribution in [0.4, 0.5) is 13.2 Å². The lowest BCUT2D eigenvalue weighted by Gasteiger charge is -2.15. The van der Waals surface area contributed by atoms with E-state index in [9.17, 15) is 22.8 Å². The summed E-state index contributed by atoms with van der Waals surface area (Å²) in [5, 5.41) is 9.16. The van der Waals surface area contributed by atoms with E-state index in [1.54, 1.807) is 13.8 Å². The third-order valence-corrected chi connectivity index (χ3v) is 5.56. The van der Waals surface area contributed by atoms with Crippen LogP contribution in [0.25, 0.3) is 11.0 Å². The fraction of sp³-hybridized carbons (Fsp3) is 0.167. The Hall–Kier alpha value is -3.92. The normalized spacial score (nSPS) is 11.6. The van der Waals surface area contributed by atoms with Gasteiger partial charge < -0.3 is 23.4 Å². The monoisotopic (exact) mass is 508 g/mol. The molecule has 2 heterocycles. The second-order valence-corrected chi connectivity index (χ2v) is 7.96.